The average Bonchev–Trinajstić information content (AvgIpc) is 2.88. The minimum atomic E-state index is -3.67. The zero-order valence-corrected chi connectivity index (χ0v) is 21.0. The molecule has 0 spiro atoms. The van der Waals surface area contributed by atoms with Gasteiger partial charge in [-0.2, -0.15) is 14.0 Å². The number of nitrogens with zero attached hydrogens (tertiary/aromatic N) is 6. The Hall–Kier alpha value is -4.77. The second kappa shape index (κ2) is 10.9. The van der Waals surface area contributed by atoms with Crippen molar-refractivity contribution < 1.29 is 22.6 Å². The lowest BCUT2D eigenvalue weighted by Gasteiger charge is -2.17. The topological polar surface area (TPSA) is 149 Å². The molecule has 200 valence electrons. The van der Waals surface area contributed by atoms with Crippen LogP contribution >= 0.6 is 11.6 Å². The van der Waals surface area contributed by atoms with Gasteiger partial charge in [0.1, 0.15) is 18.5 Å². The lowest BCUT2D eigenvalue weighted by atomic mass is 10.2. The average molecular weight is 560 g/mol. The Morgan fingerprint density at radius 1 is 1.21 bits per heavy atom. The van der Waals surface area contributed by atoms with Crippen LogP contribution in [0.3, 0.4) is 0 Å². The van der Waals surface area contributed by atoms with Gasteiger partial charge in [0, 0.05) is 30.4 Å². The van der Waals surface area contributed by atoms with Crippen LogP contribution in [0.4, 0.5) is 13.2 Å². The van der Waals surface area contributed by atoms with Crippen LogP contribution in [-0.2, 0) is 19.1 Å². The highest BCUT2D eigenvalue weighted by Gasteiger charge is 2.34. The van der Waals surface area contributed by atoms with Crippen molar-refractivity contribution in [3.63, 3.8) is 0 Å². The summed E-state index contributed by atoms with van der Waals surface area (Å²) < 4.78 is 54.7. The monoisotopic (exact) mass is 559 g/mol. The Balaban J connectivity index is 1.70. The molecule has 0 amide bonds. The van der Waals surface area contributed by atoms with E-state index in [-0.39, 0.29) is 34.7 Å². The van der Waals surface area contributed by atoms with E-state index in [0.717, 1.165) is 23.0 Å². The van der Waals surface area contributed by atoms with Crippen LogP contribution in [0.25, 0.3) is 0 Å². The third kappa shape index (κ3) is 6.04. The molecule has 0 atom stereocenters. The molecule has 0 saturated heterocycles. The van der Waals surface area contributed by atoms with Gasteiger partial charge in [-0.1, -0.05) is 11.6 Å². The van der Waals surface area contributed by atoms with Gasteiger partial charge in [0.25, 0.3) is 17.0 Å². The fraction of sp³-hybridized carbons (Fsp3) is 0.208. The van der Waals surface area contributed by atoms with Crippen LogP contribution in [0.5, 0.6) is 17.5 Å². The number of benzene rings is 1. The molecule has 4 rings (SSSR count). The molecule has 1 aromatic carbocycles. The predicted molar refractivity (Wildman–Crippen MR) is 129 cm³/mol. The molecular formula is C24H17ClF3N7O4. The van der Waals surface area contributed by atoms with Crippen LogP contribution in [0.15, 0.2) is 46.5 Å². The van der Waals surface area contributed by atoms with Gasteiger partial charge in [0.2, 0.25) is 5.75 Å². The number of aromatic amines is 1. The van der Waals surface area contributed by atoms with Gasteiger partial charge in [-0.3, -0.25) is 14.2 Å². The molecule has 4 aromatic rings. The number of rotatable bonds is 8. The van der Waals surface area contributed by atoms with Crippen molar-refractivity contribution in [3.05, 3.63) is 96.8 Å². The van der Waals surface area contributed by atoms with E-state index in [4.69, 9.17) is 26.3 Å². The summed E-state index contributed by atoms with van der Waals surface area (Å²) in [6.07, 6.45) is 3.75. The second-order valence-corrected chi connectivity index (χ2v) is 8.56. The predicted octanol–water partition coefficient (Wildman–Crippen LogP) is 3.62. The Morgan fingerprint density at radius 3 is 2.56 bits per heavy atom. The first-order valence-corrected chi connectivity index (χ1v) is 11.4. The van der Waals surface area contributed by atoms with Crippen molar-refractivity contribution in [1.82, 2.24) is 29.5 Å². The molecule has 11 nitrogen and oxygen atoms in total. The molecule has 0 aliphatic rings. The van der Waals surface area contributed by atoms with E-state index < -0.39 is 52.2 Å². The van der Waals surface area contributed by atoms with Crippen LogP contribution in [0.1, 0.15) is 35.3 Å². The summed E-state index contributed by atoms with van der Waals surface area (Å²) in [6.45, 7) is 1.38. The molecule has 0 radical (unpaired) electrons. The molecule has 0 saturated carbocycles. The summed E-state index contributed by atoms with van der Waals surface area (Å²) in [5.41, 5.74) is -3.16. The van der Waals surface area contributed by atoms with Crippen LogP contribution in [-0.4, -0.2) is 29.5 Å². The summed E-state index contributed by atoms with van der Waals surface area (Å²) in [6, 6.07) is 5.15. The smallest absolute Gasteiger partial charge is 0.316 e. The molecule has 15 heteroatoms. The largest absolute Gasteiger partial charge is 0.455 e. The molecule has 0 fully saturated rings. The Morgan fingerprint density at radius 2 is 1.92 bits per heavy atom. The number of H-pyrrole nitrogens is 1. The van der Waals surface area contributed by atoms with Gasteiger partial charge in [-0.05, 0) is 19.1 Å². The van der Waals surface area contributed by atoms with E-state index >= 15 is 0 Å². The highest BCUT2D eigenvalue weighted by Crippen LogP contribution is 2.35. The number of nitriles is 1. The quantitative estimate of drug-likeness (QED) is 0.341. The Kier molecular flexibility index (Phi) is 7.63. The number of hydrogen-bond acceptors (Lipinski definition) is 9. The van der Waals surface area contributed by atoms with E-state index in [1.165, 1.54) is 19.3 Å². The fourth-order valence-electron chi connectivity index (χ4n) is 3.40. The SMILES string of the molecule is Cc1nc(COc2ncccn2)[nH]c(=O)c1Cn1cnc(C(C)(F)F)c(Oc2cc(Cl)cc(C#N)c2F)c1=O. The minimum Gasteiger partial charge on any atom is -0.455 e. The molecule has 39 heavy (non-hydrogen) atoms. The van der Waals surface area contributed by atoms with Crippen LogP contribution < -0.4 is 20.6 Å². The summed E-state index contributed by atoms with van der Waals surface area (Å²) in [4.78, 5) is 44.2. The first-order chi connectivity index (χ1) is 18.5. The highest BCUT2D eigenvalue weighted by molar-refractivity contribution is 6.30. The van der Waals surface area contributed by atoms with Crippen molar-refractivity contribution in [2.45, 2.75) is 32.9 Å². The summed E-state index contributed by atoms with van der Waals surface area (Å²) in [5.74, 6) is -6.47. The molecule has 3 aromatic heterocycles. The zero-order valence-electron chi connectivity index (χ0n) is 20.2. The number of aryl methyl sites for hydroxylation is 1. The Bertz CT molecular complexity index is 1700. The van der Waals surface area contributed by atoms with Crippen LogP contribution in [0, 0.1) is 24.1 Å². The van der Waals surface area contributed by atoms with Crippen molar-refractivity contribution in [2.75, 3.05) is 0 Å². The van der Waals surface area contributed by atoms with Crippen molar-refractivity contribution in [3.8, 4) is 23.6 Å². The third-order valence-electron chi connectivity index (χ3n) is 5.23. The normalized spacial score (nSPS) is 11.2. The van der Waals surface area contributed by atoms with E-state index in [0.29, 0.717) is 6.92 Å². The maximum absolute atomic E-state index is 14.7. The number of aromatic nitrogens is 6. The summed E-state index contributed by atoms with van der Waals surface area (Å²) in [7, 11) is 0. The van der Waals surface area contributed by atoms with Crippen molar-refractivity contribution in [2.24, 2.45) is 0 Å². The lowest BCUT2D eigenvalue weighted by molar-refractivity contribution is 0.0100. The van der Waals surface area contributed by atoms with E-state index in [1.807, 2.05) is 0 Å². The first-order valence-electron chi connectivity index (χ1n) is 11.0. The summed E-state index contributed by atoms with van der Waals surface area (Å²) in [5, 5.41) is 8.96. The molecule has 0 unspecified atom stereocenters. The van der Waals surface area contributed by atoms with Gasteiger partial charge < -0.3 is 14.5 Å². The number of hydrogen-bond donors (Lipinski definition) is 1. The van der Waals surface area contributed by atoms with E-state index in [9.17, 15) is 22.8 Å². The molecule has 0 aliphatic heterocycles. The van der Waals surface area contributed by atoms with Gasteiger partial charge in [0.05, 0.1) is 29.7 Å². The number of halogens is 4. The van der Waals surface area contributed by atoms with Crippen molar-refractivity contribution in [1.29, 1.82) is 5.26 Å². The van der Waals surface area contributed by atoms with Gasteiger partial charge in [0.15, 0.2) is 17.3 Å². The maximum Gasteiger partial charge on any atom is 0.316 e. The fourth-order valence-corrected chi connectivity index (χ4v) is 3.61. The highest BCUT2D eigenvalue weighted by atomic mass is 35.5. The molecule has 0 aliphatic carbocycles. The molecule has 3 heterocycles. The number of ether oxygens (including phenoxy) is 2. The second-order valence-electron chi connectivity index (χ2n) is 8.12. The molecule has 0 bridgehead atoms. The van der Waals surface area contributed by atoms with Crippen LogP contribution in [0.2, 0.25) is 5.02 Å². The standard InChI is InChI=1S/C24H17ClF3N7O4/c1-12-15(21(36)34-17(33-12)10-38-23-30-4-3-5-31-23)9-35-11-32-20(24(2,27)28)19(22(35)37)39-16-7-14(25)6-13(8-29)18(16)26/h3-7,11H,9-10H2,1-2H3,(H,33,34,36). The van der Waals surface area contributed by atoms with E-state index in [1.54, 1.807) is 12.1 Å². The zero-order chi connectivity index (χ0) is 28.3. The van der Waals surface area contributed by atoms with Crippen molar-refractivity contribution >= 4 is 11.6 Å². The molecule has 1 N–H and O–H groups in total. The number of alkyl halides is 2. The summed E-state index contributed by atoms with van der Waals surface area (Å²) >= 11 is 5.87. The maximum atomic E-state index is 14.7. The Labute approximate surface area is 222 Å². The number of nitrogens with one attached hydrogen (secondary N) is 1. The minimum absolute atomic E-state index is 0.0151. The van der Waals surface area contributed by atoms with Gasteiger partial charge >= 0.3 is 6.01 Å². The van der Waals surface area contributed by atoms with Gasteiger partial charge in [-0.15, -0.1) is 0 Å². The van der Waals surface area contributed by atoms with Gasteiger partial charge in [-0.25, -0.2) is 24.3 Å². The molecular weight excluding hydrogens is 543 g/mol. The lowest BCUT2D eigenvalue weighted by Crippen LogP contribution is -2.30. The first kappa shape index (κ1) is 27.3. The third-order valence-corrected chi connectivity index (χ3v) is 5.45. The van der Waals surface area contributed by atoms with E-state index in [2.05, 4.69) is 24.9 Å².